The summed E-state index contributed by atoms with van der Waals surface area (Å²) in [6.45, 7) is 4.98. The van der Waals surface area contributed by atoms with Gasteiger partial charge in [-0.3, -0.25) is 9.59 Å². The van der Waals surface area contributed by atoms with E-state index in [0.29, 0.717) is 38.8 Å². The molecule has 4 atom stereocenters. The minimum atomic E-state index is -1.32. The van der Waals surface area contributed by atoms with Crippen molar-refractivity contribution in [3.8, 4) is 45.6 Å². The second-order valence-electron chi connectivity index (χ2n) is 22.8. The van der Waals surface area contributed by atoms with Crippen LogP contribution in [0.1, 0.15) is 92.6 Å². The molecule has 0 spiro atoms. The number of nitrogens with one attached hydrogen (secondary N) is 3. The fourth-order valence-electron chi connectivity index (χ4n) is 13.5. The van der Waals surface area contributed by atoms with E-state index in [0.717, 1.165) is 135 Å². The van der Waals surface area contributed by atoms with Gasteiger partial charge in [-0.2, -0.15) is 4.98 Å². The van der Waals surface area contributed by atoms with E-state index in [4.69, 9.17) is 45.0 Å². The molecule has 9 heterocycles. The number of carbonyl (C=O) groups excluding carboxylic acids is 3. The number of fused-ring (bicyclic) bond motifs is 6. The summed E-state index contributed by atoms with van der Waals surface area (Å²) in [5.41, 5.74) is 13.0. The monoisotopic (exact) mass is 1150 g/mol. The SMILES string of the molecule is O=C(COCCNC(=O)c1ccc(C(=O)[O-])c(C2=c3cc4c5c(c3Oc3c2cc2c6c3CCCN6CCCC2)CCC[N+]=5CCCC4)c1)NCCOc1ccc(-c2ccc(-c3nc4nc(O[C@@H]5CO[C@H]6[C@@H]5OC[C@H]6O)[nH]c4cc3Cl)cc2)cc1. The van der Waals surface area contributed by atoms with Gasteiger partial charge in [0.1, 0.15) is 61.9 Å². The number of benzene rings is 5. The first-order chi connectivity index (χ1) is 41.1. The highest BCUT2D eigenvalue weighted by molar-refractivity contribution is 6.33. The summed E-state index contributed by atoms with van der Waals surface area (Å²) < 4.78 is 38.7. The number of halogens is 1. The number of ether oxygens (including phenoxy) is 6. The van der Waals surface area contributed by atoms with E-state index in [2.05, 4.69) is 42.2 Å². The third kappa shape index (κ3) is 10.3. The van der Waals surface area contributed by atoms with E-state index >= 15 is 0 Å². The second-order valence-corrected chi connectivity index (χ2v) is 23.2. The molecule has 18 nitrogen and oxygen atoms in total. The summed E-state index contributed by atoms with van der Waals surface area (Å²) in [5.74, 6) is 0.207. The van der Waals surface area contributed by atoms with Crippen molar-refractivity contribution in [1.82, 2.24) is 30.2 Å². The number of aliphatic hydroxyl groups excluding tert-OH is 1. The summed E-state index contributed by atoms with van der Waals surface area (Å²) in [6.07, 6.45) is 8.07. The average Bonchev–Trinajstić information content (AvgIpc) is 1.30. The molecule has 19 heteroatoms. The lowest BCUT2D eigenvalue weighted by atomic mass is 9.82. The molecular formula is C65H64ClN7O11. The molecule has 2 aromatic heterocycles. The zero-order valence-electron chi connectivity index (χ0n) is 46.4. The van der Waals surface area contributed by atoms with Crippen molar-refractivity contribution in [3.05, 3.63) is 145 Å². The molecule has 2 amide bonds. The number of carboxylic acid groups (broad SMARTS) is 1. The minimum Gasteiger partial charge on any atom is -0.545 e. The zero-order chi connectivity index (χ0) is 57.0. The van der Waals surface area contributed by atoms with E-state index in [1.807, 2.05) is 48.5 Å². The third-order valence-electron chi connectivity index (χ3n) is 17.4. The zero-order valence-corrected chi connectivity index (χ0v) is 47.2. The Balaban J connectivity index is 0.587. The van der Waals surface area contributed by atoms with Gasteiger partial charge in [-0.15, -0.1) is 0 Å². The van der Waals surface area contributed by atoms with Gasteiger partial charge in [0, 0.05) is 82.3 Å². The lowest BCUT2D eigenvalue weighted by Crippen LogP contribution is -2.41. The fraction of sp³-hybridized carbons (Fsp3) is 0.385. The Labute approximate surface area is 489 Å². The van der Waals surface area contributed by atoms with Crippen LogP contribution in [0.5, 0.6) is 23.3 Å². The summed E-state index contributed by atoms with van der Waals surface area (Å²) in [5, 5.41) is 31.6. The molecule has 5 aromatic carbocycles. The number of amides is 2. The number of imidazole rings is 1. The molecule has 7 aliphatic rings. The lowest BCUT2D eigenvalue weighted by molar-refractivity contribution is -0.255. The van der Waals surface area contributed by atoms with Crippen molar-refractivity contribution in [3.63, 3.8) is 0 Å². The highest BCUT2D eigenvalue weighted by Gasteiger charge is 2.49. The van der Waals surface area contributed by atoms with E-state index in [-0.39, 0.29) is 69.7 Å². The Morgan fingerprint density at radius 3 is 2.38 bits per heavy atom. The smallest absolute Gasteiger partial charge is 0.296 e. The number of H-pyrrole nitrogens is 1. The molecular weight excluding hydrogens is 1090 g/mol. The number of aryl methyl sites for hydroxylation is 2. The number of hydrogen-bond acceptors (Lipinski definition) is 14. The van der Waals surface area contributed by atoms with Crippen LogP contribution in [0.4, 0.5) is 5.69 Å². The van der Waals surface area contributed by atoms with Crippen LogP contribution in [0, 0.1) is 0 Å². The molecule has 2 fully saturated rings. The molecule has 4 N–H and O–H groups in total. The van der Waals surface area contributed by atoms with Crippen molar-refractivity contribution >= 4 is 51.8 Å². The molecule has 0 radical (unpaired) electrons. The molecule has 7 aromatic rings. The first kappa shape index (κ1) is 54.1. The predicted molar refractivity (Wildman–Crippen MR) is 312 cm³/mol. The largest absolute Gasteiger partial charge is 0.545 e. The van der Waals surface area contributed by atoms with E-state index in [1.54, 1.807) is 12.1 Å². The molecule has 432 valence electrons. The maximum atomic E-state index is 14.0. The van der Waals surface area contributed by atoms with Crippen molar-refractivity contribution in [2.24, 2.45) is 0 Å². The number of aromatic carboxylic acids is 1. The standard InChI is InChI=1S/C65H64ClN7O11/c66-49-32-50-62(71-65(69-50)83-52-34-82-60-51(74)33-81-61(52)60)70-55(49)38-13-11-36(12-14-38)37-15-18-42(19-16-37)80-28-22-67-53(75)35-79-27-21-68-63(76)41-17-20-43(64(77)78)46(31-41)54-47-29-39-7-1-3-23-72-25-5-9-44(56(39)72)58(47)84-59-45-10-6-26-73-24-4-2-8-40(57(45)73)30-48(54)59/h11-20,29-32,51-52,60-61,74H,1-10,21-28,33-35H2,(H3-,67,68,69,70,71,75,76,77,78)/t51-,52-,60-,61-/m1/s1. The van der Waals surface area contributed by atoms with Crippen molar-refractivity contribution in [2.75, 3.05) is 77.2 Å². The number of aromatic amines is 1. The number of anilines is 1. The summed E-state index contributed by atoms with van der Waals surface area (Å²) in [7, 11) is 0. The predicted octanol–water partition coefficient (Wildman–Crippen LogP) is 5.37. The maximum Gasteiger partial charge on any atom is 0.296 e. The highest BCUT2D eigenvalue weighted by atomic mass is 35.5. The number of aromatic nitrogens is 3. The minimum absolute atomic E-state index is 0.0128. The quantitative estimate of drug-likeness (QED) is 0.0706. The number of rotatable bonds is 16. The molecule has 0 bridgehead atoms. The average molecular weight is 1150 g/mol. The number of aliphatic hydroxyl groups is 1. The van der Waals surface area contributed by atoms with E-state index in [1.165, 1.54) is 45.4 Å². The molecule has 7 aliphatic heterocycles. The normalized spacial score (nSPS) is 20.1. The molecule has 2 saturated heterocycles. The van der Waals surface area contributed by atoms with Gasteiger partial charge in [-0.05, 0) is 116 Å². The van der Waals surface area contributed by atoms with Gasteiger partial charge in [-0.1, -0.05) is 54.1 Å². The molecule has 0 aliphatic carbocycles. The number of nitrogens with zero attached hydrogens (tertiary/aromatic N) is 4. The van der Waals surface area contributed by atoms with E-state index < -0.39 is 30.2 Å². The van der Waals surface area contributed by atoms with Gasteiger partial charge in [0.25, 0.3) is 11.9 Å². The Morgan fingerprint density at radius 1 is 0.762 bits per heavy atom. The van der Waals surface area contributed by atoms with Gasteiger partial charge in [0.05, 0.1) is 54.1 Å². The first-order valence-corrected chi connectivity index (χ1v) is 29.9. The molecule has 84 heavy (non-hydrogen) atoms. The maximum absolute atomic E-state index is 14.0. The number of hydrogen-bond donors (Lipinski definition) is 4. The van der Waals surface area contributed by atoms with Crippen LogP contribution >= 0.6 is 11.6 Å². The Bertz CT molecular complexity index is 3910. The van der Waals surface area contributed by atoms with Crippen LogP contribution < -0.4 is 50.0 Å². The Hall–Kier alpha value is -7.87. The van der Waals surface area contributed by atoms with Gasteiger partial charge in [0.15, 0.2) is 11.8 Å². The van der Waals surface area contributed by atoms with Crippen LogP contribution in [0.25, 0.3) is 39.1 Å². The van der Waals surface area contributed by atoms with Crippen LogP contribution in [0.2, 0.25) is 5.02 Å². The van der Waals surface area contributed by atoms with Crippen molar-refractivity contribution in [2.45, 2.75) is 88.6 Å². The topological polar surface area (TPSA) is 222 Å². The number of carboxylic acids is 1. The lowest BCUT2D eigenvalue weighted by Gasteiger charge is -2.36. The summed E-state index contributed by atoms with van der Waals surface area (Å²) >= 11 is 6.72. The van der Waals surface area contributed by atoms with Gasteiger partial charge < -0.3 is 63.9 Å². The van der Waals surface area contributed by atoms with Crippen LogP contribution in [0.15, 0.2) is 84.9 Å². The van der Waals surface area contributed by atoms with Crippen molar-refractivity contribution in [1.29, 1.82) is 0 Å². The molecule has 0 unspecified atom stereocenters. The van der Waals surface area contributed by atoms with Gasteiger partial charge >= 0.3 is 0 Å². The van der Waals surface area contributed by atoms with Crippen molar-refractivity contribution < 1.29 is 53.0 Å². The summed E-state index contributed by atoms with van der Waals surface area (Å²) in [6, 6.07) is 26.8. The number of pyridine rings is 1. The number of carbonyl (C=O) groups is 3. The van der Waals surface area contributed by atoms with Gasteiger partial charge in [-0.25, -0.2) is 9.56 Å². The fourth-order valence-corrected chi connectivity index (χ4v) is 13.8. The highest BCUT2D eigenvalue weighted by Crippen LogP contribution is 2.49. The molecule has 14 rings (SSSR count). The Morgan fingerprint density at radius 2 is 1.52 bits per heavy atom. The molecule has 0 saturated carbocycles. The first-order valence-electron chi connectivity index (χ1n) is 29.5. The second kappa shape index (κ2) is 22.9. The Kier molecular flexibility index (Phi) is 14.8. The van der Waals surface area contributed by atoms with Crippen LogP contribution in [-0.4, -0.2) is 135 Å². The summed E-state index contributed by atoms with van der Waals surface area (Å²) in [4.78, 5) is 54.8. The third-order valence-corrected chi connectivity index (χ3v) is 17.7. The van der Waals surface area contributed by atoms with E-state index in [9.17, 15) is 24.6 Å². The van der Waals surface area contributed by atoms with Crippen LogP contribution in [-0.2, 0) is 44.7 Å². The van der Waals surface area contributed by atoms with Crippen LogP contribution in [0.3, 0.4) is 0 Å². The van der Waals surface area contributed by atoms with Gasteiger partial charge in [0.2, 0.25) is 11.3 Å².